The normalized spacial score (nSPS) is 21.7. The van der Waals surface area contributed by atoms with Gasteiger partial charge in [-0.25, -0.2) is 0 Å². The fourth-order valence-corrected chi connectivity index (χ4v) is 2.89. The molecule has 1 aliphatic heterocycles. The van der Waals surface area contributed by atoms with Crippen LogP contribution in [0, 0.1) is 10.1 Å². The van der Waals surface area contributed by atoms with Gasteiger partial charge in [0.05, 0.1) is 16.1 Å². The third-order valence-corrected chi connectivity index (χ3v) is 4.35. The number of halogens is 1. The van der Waals surface area contributed by atoms with Crippen molar-refractivity contribution in [2.75, 3.05) is 11.9 Å². The van der Waals surface area contributed by atoms with Gasteiger partial charge >= 0.3 is 0 Å². The number of nitrogens with one attached hydrogen (secondary N) is 2. The van der Waals surface area contributed by atoms with Crippen LogP contribution >= 0.6 is 15.9 Å². The van der Waals surface area contributed by atoms with Crippen LogP contribution in [-0.4, -0.2) is 22.9 Å². The predicted octanol–water partition coefficient (Wildman–Crippen LogP) is 2.83. The maximum absolute atomic E-state index is 12.4. The number of nitro benzene ring substituents is 1. The van der Waals surface area contributed by atoms with Gasteiger partial charge in [0.2, 0.25) is 5.91 Å². The standard InChI is InChI=1S/C13H16BrN3O3/c1-2-13(6-3-7-15-13)12(18)16-11-5-4-9(17(19)20)8-10(11)14/h4-5,8,15H,2-3,6-7H2,1H3,(H,16,18). The van der Waals surface area contributed by atoms with Crippen molar-refractivity contribution in [1.29, 1.82) is 0 Å². The summed E-state index contributed by atoms with van der Waals surface area (Å²) in [6, 6.07) is 4.30. The van der Waals surface area contributed by atoms with Crippen molar-refractivity contribution in [3.8, 4) is 0 Å². The fraction of sp³-hybridized carbons (Fsp3) is 0.462. The monoisotopic (exact) mass is 341 g/mol. The Balaban J connectivity index is 2.17. The van der Waals surface area contributed by atoms with Gasteiger partial charge in [0.15, 0.2) is 0 Å². The zero-order valence-corrected chi connectivity index (χ0v) is 12.7. The SMILES string of the molecule is CCC1(C(=O)Nc2ccc([N+](=O)[O-])cc2Br)CCCN1. The summed E-state index contributed by atoms with van der Waals surface area (Å²) in [5.41, 5.74) is 0.00231. The van der Waals surface area contributed by atoms with Crippen LogP contribution < -0.4 is 10.6 Å². The highest BCUT2D eigenvalue weighted by atomic mass is 79.9. The Morgan fingerprint density at radius 2 is 2.35 bits per heavy atom. The molecule has 1 aromatic rings. The van der Waals surface area contributed by atoms with E-state index in [0.29, 0.717) is 16.6 Å². The number of carbonyl (C=O) groups excluding carboxylic acids is 1. The minimum absolute atomic E-state index is 0.0147. The summed E-state index contributed by atoms with van der Waals surface area (Å²) in [4.78, 5) is 22.6. The van der Waals surface area contributed by atoms with E-state index in [0.717, 1.165) is 19.4 Å². The Morgan fingerprint density at radius 1 is 1.60 bits per heavy atom. The number of anilines is 1. The second kappa shape index (κ2) is 5.88. The van der Waals surface area contributed by atoms with Crippen molar-refractivity contribution >= 4 is 33.2 Å². The Morgan fingerprint density at radius 3 is 2.85 bits per heavy atom. The highest BCUT2D eigenvalue weighted by Gasteiger charge is 2.39. The van der Waals surface area contributed by atoms with Crippen molar-refractivity contribution < 1.29 is 9.72 Å². The minimum atomic E-state index is -0.527. The van der Waals surface area contributed by atoms with Crippen molar-refractivity contribution in [2.45, 2.75) is 31.7 Å². The molecule has 0 aromatic heterocycles. The number of nitro groups is 1. The molecule has 1 fully saturated rings. The maximum atomic E-state index is 12.4. The first kappa shape index (κ1) is 14.9. The van der Waals surface area contributed by atoms with E-state index in [4.69, 9.17) is 0 Å². The minimum Gasteiger partial charge on any atom is -0.323 e. The van der Waals surface area contributed by atoms with E-state index in [1.807, 2.05) is 6.92 Å². The summed E-state index contributed by atoms with van der Waals surface area (Å²) in [6.45, 7) is 2.81. The lowest BCUT2D eigenvalue weighted by Gasteiger charge is -2.26. The second-order valence-corrected chi connectivity index (χ2v) is 5.70. The van der Waals surface area contributed by atoms with Gasteiger partial charge < -0.3 is 10.6 Å². The zero-order chi connectivity index (χ0) is 14.8. The van der Waals surface area contributed by atoms with Crippen LogP contribution in [0.3, 0.4) is 0 Å². The quantitative estimate of drug-likeness (QED) is 0.651. The number of amides is 1. The highest BCUT2D eigenvalue weighted by molar-refractivity contribution is 9.10. The third kappa shape index (κ3) is 2.83. The molecule has 1 aromatic carbocycles. The Bertz CT molecular complexity index is 542. The molecule has 1 saturated heterocycles. The van der Waals surface area contributed by atoms with Crippen LogP contribution in [0.1, 0.15) is 26.2 Å². The van der Waals surface area contributed by atoms with Crippen LogP contribution in [0.4, 0.5) is 11.4 Å². The average molecular weight is 342 g/mol. The van der Waals surface area contributed by atoms with E-state index in [9.17, 15) is 14.9 Å². The van der Waals surface area contributed by atoms with Gasteiger partial charge in [-0.05, 0) is 47.8 Å². The second-order valence-electron chi connectivity index (χ2n) is 4.84. The van der Waals surface area contributed by atoms with Crippen molar-refractivity contribution in [1.82, 2.24) is 5.32 Å². The molecule has 6 nitrogen and oxygen atoms in total. The molecule has 0 spiro atoms. The van der Waals surface area contributed by atoms with Gasteiger partial charge in [0.25, 0.3) is 5.69 Å². The first-order chi connectivity index (χ1) is 9.48. The summed E-state index contributed by atoms with van der Waals surface area (Å²) in [5, 5.41) is 16.8. The summed E-state index contributed by atoms with van der Waals surface area (Å²) in [7, 11) is 0. The Hall–Kier alpha value is -1.47. The van der Waals surface area contributed by atoms with E-state index in [1.165, 1.54) is 12.1 Å². The number of hydrogen-bond donors (Lipinski definition) is 2. The lowest BCUT2D eigenvalue weighted by Crippen LogP contribution is -2.50. The smallest absolute Gasteiger partial charge is 0.270 e. The van der Waals surface area contributed by atoms with E-state index >= 15 is 0 Å². The van der Waals surface area contributed by atoms with Crippen LogP contribution in [0.15, 0.2) is 22.7 Å². The first-order valence-electron chi connectivity index (χ1n) is 6.49. The van der Waals surface area contributed by atoms with Crippen LogP contribution in [0.5, 0.6) is 0 Å². The molecule has 1 amide bonds. The molecular formula is C13H16BrN3O3. The fourth-order valence-electron chi connectivity index (χ4n) is 2.42. The molecular weight excluding hydrogens is 326 g/mol. The van der Waals surface area contributed by atoms with Gasteiger partial charge in [-0.2, -0.15) is 0 Å². The molecule has 0 radical (unpaired) electrons. The number of rotatable bonds is 4. The van der Waals surface area contributed by atoms with Crippen molar-refractivity contribution in [2.24, 2.45) is 0 Å². The van der Waals surface area contributed by atoms with E-state index in [1.54, 1.807) is 6.07 Å². The van der Waals surface area contributed by atoms with E-state index in [2.05, 4.69) is 26.6 Å². The summed E-state index contributed by atoms with van der Waals surface area (Å²) >= 11 is 3.25. The van der Waals surface area contributed by atoms with Gasteiger partial charge in [0, 0.05) is 16.6 Å². The molecule has 2 N–H and O–H groups in total. The molecule has 1 atom stereocenters. The van der Waals surface area contributed by atoms with Crippen molar-refractivity contribution in [3.05, 3.63) is 32.8 Å². The number of hydrogen-bond acceptors (Lipinski definition) is 4. The average Bonchev–Trinajstić information content (AvgIpc) is 2.90. The molecule has 1 heterocycles. The van der Waals surface area contributed by atoms with Crippen LogP contribution in [0.2, 0.25) is 0 Å². The summed E-state index contributed by atoms with van der Waals surface area (Å²) in [5.74, 6) is -0.0907. The Labute approximate surface area is 125 Å². The topological polar surface area (TPSA) is 84.3 Å². The number of benzene rings is 1. The Kier molecular flexibility index (Phi) is 4.39. The predicted molar refractivity (Wildman–Crippen MR) is 79.7 cm³/mol. The number of carbonyl (C=O) groups is 1. The number of non-ortho nitro benzene ring substituents is 1. The van der Waals surface area contributed by atoms with E-state index < -0.39 is 10.5 Å². The van der Waals surface area contributed by atoms with Gasteiger partial charge in [0.1, 0.15) is 0 Å². The van der Waals surface area contributed by atoms with Gasteiger partial charge in [-0.3, -0.25) is 14.9 Å². The van der Waals surface area contributed by atoms with E-state index in [-0.39, 0.29) is 11.6 Å². The van der Waals surface area contributed by atoms with Crippen molar-refractivity contribution in [3.63, 3.8) is 0 Å². The molecule has 0 saturated carbocycles. The molecule has 1 aliphatic rings. The molecule has 0 bridgehead atoms. The molecule has 1 unspecified atom stereocenters. The first-order valence-corrected chi connectivity index (χ1v) is 7.28. The van der Waals surface area contributed by atoms with Crippen LogP contribution in [-0.2, 0) is 4.79 Å². The third-order valence-electron chi connectivity index (χ3n) is 3.69. The molecule has 108 valence electrons. The summed E-state index contributed by atoms with van der Waals surface area (Å²) < 4.78 is 0.504. The van der Waals surface area contributed by atoms with Gasteiger partial charge in [-0.1, -0.05) is 6.92 Å². The molecule has 0 aliphatic carbocycles. The zero-order valence-electron chi connectivity index (χ0n) is 11.1. The lowest BCUT2D eigenvalue weighted by molar-refractivity contribution is -0.384. The molecule has 7 heteroatoms. The summed E-state index contributed by atoms with van der Waals surface area (Å²) in [6.07, 6.45) is 2.49. The number of nitrogens with zero attached hydrogens (tertiary/aromatic N) is 1. The van der Waals surface area contributed by atoms with Crippen LogP contribution in [0.25, 0.3) is 0 Å². The maximum Gasteiger partial charge on any atom is 0.270 e. The molecule has 20 heavy (non-hydrogen) atoms. The largest absolute Gasteiger partial charge is 0.323 e. The lowest BCUT2D eigenvalue weighted by atomic mass is 9.93. The van der Waals surface area contributed by atoms with Gasteiger partial charge in [-0.15, -0.1) is 0 Å². The molecule has 2 rings (SSSR count). The highest BCUT2D eigenvalue weighted by Crippen LogP contribution is 2.30.